The summed E-state index contributed by atoms with van der Waals surface area (Å²) in [7, 11) is 0. The summed E-state index contributed by atoms with van der Waals surface area (Å²) in [6, 6.07) is 6.19. The maximum absolute atomic E-state index is 8.02. The van der Waals surface area contributed by atoms with Gasteiger partial charge in [0, 0.05) is 23.3 Å². The van der Waals surface area contributed by atoms with Crippen molar-refractivity contribution in [3.63, 3.8) is 0 Å². The first-order valence-electron chi connectivity index (χ1n) is 16.9. The number of rotatable bonds is 11. The van der Waals surface area contributed by atoms with Crippen LogP contribution in [-0.4, -0.2) is 11.8 Å². The Morgan fingerprint density at radius 1 is 0.976 bits per heavy atom. The lowest BCUT2D eigenvalue weighted by molar-refractivity contribution is 0.0404. The zero-order chi connectivity index (χ0) is 32.1. The summed E-state index contributed by atoms with van der Waals surface area (Å²) in [5, 5.41) is 8.02. The quantitative estimate of drug-likeness (QED) is 0.209. The lowest BCUT2D eigenvalue weighted by atomic mass is 9.79. The van der Waals surface area contributed by atoms with Crippen LogP contribution in [0.3, 0.4) is 0 Å². The molecule has 2 unspecified atom stereocenters. The van der Waals surface area contributed by atoms with Crippen LogP contribution in [0.1, 0.15) is 165 Å². The first kappa shape index (κ1) is 41.0. The van der Waals surface area contributed by atoms with E-state index >= 15 is 0 Å². The lowest BCUT2D eigenvalue weighted by Gasteiger charge is -2.39. The molecule has 1 fully saturated rings. The van der Waals surface area contributed by atoms with Crippen LogP contribution in [0.15, 0.2) is 53.6 Å². The van der Waals surface area contributed by atoms with Crippen LogP contribution in [0.2, 0.25) is 0 Å². The molecule has 41 heavy (non-hydrogen) atoms. The summed E-state index contributed by atoms with van der Waals surface area (Å²) in [5.41, 5.74) is 5.81. The molecular formula is C39H69NO. The fourth-order valence-electron chi connectivity index (χ4n) is 4.89. The highest BCUT2D eigenvalue weighted by Crippen LogP contribution is 2.40. The molecule has 0 spiro atoms. The van der Waals surface area contributed by atoms with Crippen molar-refractivity contribution in [2.45, 2.75) is 165 Å². The van der Waals surface area contributed by atoms with Crippen molar-refractivity contribution in [3.05, 3.63) is 64.8 Å². The Bertz CT molecular complexity index is 914. The number of unbranched alkanes of at least 4 members (excludes halogenated alkanes) is 2. The van der Waals surface area contributed by atoms with E-state index in [2.05, 4.69) is 87.1 Å². The predicted molar refractivity (Wildman–Crippen MR) is 188 cm³/mol. The number of ether oxygens (including phenoxy) is 1. The van der Waals surface area contributed by atoms with Gasteiger partial charge in [-0.2, -0.15) is 0 Å². The molecule has 2 rings (SSSR count). The Labute approximate surface area is 257 Å². The fraction of sp³-hybridized carbons (Fsp3) is 0.667. The van der Waals surface area contributed by atoms with Crippen LogP contribution >= 0.6 is 0 Å². The van der Waals surface area contributed by atoms with Crippen LogP contribution in [-0.2, 0) is 5.41 Å². The molecule has 0 amide bonds. The van der Waals surface area contributed by atoms with Crippen molar-refractivity contribution < 1.29 is 4.74 Å². The van der Waals surface area contributed by atoms with Crippen LogP contribution in [0.4, 0.5) is 0 Å². The number of allylic oxidation sites excluding steroid dienone is 4. The molecule has 0 heterocycles. The molecule has 1 aliphatic carbocycles. The van der Waals surface area contributed by atoms with Gasteiger partial charge in [-0.3, -0.25) is 0 Å². The molecule has 0 aliphatic heterocycles. The zero-order valence-corrected chi connectivity index (χ0v) is 29.7. The summed E-state index contributed by atoms with van der Waals surface area (Å²) in [4.78, 5) is 0. The number of benzene rings is 1. The second-order valence-corrected chi connectivity index (χ2v) is 12.0. The van der Waals surface area contributed by atoms with Crippen molar-refractivity contribution in [2.75, 3.05) is 0 Å². The molecular weight excluding hydrogens is 498 g/mol. The number of hydrogen-bond acceptors (Lipinski definition) is 2. The fourth-order valence-corrected chi connectivity index (χ4v) is 4.89. The van der Waals surface area contributed by atoms with Crippen molar-refractivity contribution in [3.8, 4) is 5.75 Å². The SMILES string of the molecule is C=C1CCCC/C1=C/C=C(/CCCCC)C(C)C(C)(CC)Oc1c(C=N)cccc1C(C)(C)C.CC.CC.CCC. The summed E-state index contributed by atoms with van der Waals surface area (Å²) < 4.78 is 6.96. The van der Waals surface area contributed by atoms with Crippen LogP contribution in [0.25, 0.3) is 0 Å². The van der Waals surface area contributed by atoms with E-state index in [4.69, 9.17) is 10.1 Å². The Morgan fingerprint density at radius 2 is 1.56 bits per heavy atom. The van der Waals surface area contributed by atoms with E-state index in [1.54, 1.807) is 0 Å². The zero-order valence-electron chi connectivity index (χ0n) is 29.7. The third-order valence-corrected chi connectivity index (χ3v) is 7.71. The lowest BCUT2D eigenvalue weighted by Crippen LogP contribution is -2.40. The molecule has 2 heteroatoms. The summed E-state index contributed by atoms with van der Waals surface area (Å²) in [6.07, 6.45) is 17.9. The average molecular weight is 568 g/mol. The molecule has 1 N–H and O–H groups in total. The highest BCUT2D eigenvalue weighted by Gasteiger charge is 2.36. The molecule has 0 bridgehead atoms. The Balaban J connectivity index is 0. The van der Waals surface area contributed by atoms with E-state index in [0.29, 0.717) is 0 Å². The molecule has 1 saturated carbocycles. The van der Waals surface area contributed by atoms with Crippen molar-refractivity contribution in [1.29, 1.82) is 5.41 Å². The molecule has 2 atom stereocenters. The topological polar surface area (TPSA) is 33.1 Å². The van der Waals surface area contributed by atoms with Crippen molar-refractivity contribution in [2.24, 2.45) is 5.92 Å². The Kier molecular flexibility index (Phi) is 22.5. The second-order valence-electron chi connectivity index (χ2n) is 12.0. The maximum Gasteiger partial charge on any atom is 0.132 e. The third-order valence-electron chi connectivity index (χ3n) is 7.71. The van der Waals surface area contributed by atoms with Gasteiger partial charge >= 0.3 is 0 Å². The van der Waals surface area contributed by atoms with Gasteiger partial charge in [0.05, 0.1) is 0 Å². The largest absolute Gasteiger partial charge is 0.486 e. The molecule has 0 radical (unpaired) electrons. The Hall–Kier alpha value is -2.09. The van der Waals surface area contributed by atoms with E-state index < -0.39 is 0 Å². The third kappa shape index (κ3) is 14.1. The first-order valence-corrected chi connectivity index (χ1v) is 16.9. The minimum atomic E-state index is -0.362. The molecule has 0 aromatic heterocycles. The molecule has 2 nitrogen and oxygen atoms in total. The van der Waals surface area contributed by atoms with Gasteiger partial charge in [0.2, 0.25) is 0 Å². The average Bonchev–Trinajstić information content (AvgIpc) is 2.97. The first-order chi connectivity index (χ1) is 19.5. The van der Waals surface area contributed by atoms with Gasteiger partial charge in [-0.25, -0.2) is 0 Å². The molecule has 0 saturated heterocycles. The van der Waals surface area contributed by atoms with E-state index in [-0.39, 0.29) is 16.9 Å². The molecule has 236 valence electrons. The van der Waals surface area contributed by atoms with Gasteiger partial charge in [-0.05, 0) is 68.9 Å². The van der Waals surface area contributed by atoms with E-state index in [9.17, 15) is 0 Å². The number of para-hydroxylation sites is 1. The van der Waals surface area contributed by atoms with Gasteiger partial charge in [0.25, 0.3) is 0 Å². The van der Waals surface area contributed by atoms with E-state index in [0.717, 1.165) is 42.6 Å². The standard InChI is InChI=1S/C32H49NO.C3H8.2C2H6/c1-9-11-12-18-27(22-21-26-17-14-13-16-24(26)3)25(4)32(8,10-2)34-30-28(23-33)19-15-20-29(30)31(5,6)7;1-3-2;2*1-2/h15,19-23,25,33H,3,9-14,16-18H2,1-2,4-8H3;3H2,1-2H3;2*1-2H3/b26-21-,27-22-,33-23?;;;. The minimum absolute atomic E-state index is 0.0577. The van der Waals surface area contributed by atoms with Crippen molar-refractivity contribution in [1.82, 2.24) is 0 Å². The molecule has 1 aromatic carbocycles. The van der Waals surface area contributed by atoms with Gasteiger partial charge in [-0.1, -0.05) is 144 Å². The second kappa shape index (κ2) is 22.5. The van der Waals surface area contributed by atoms with Gasteiger partial charge in [-0.15, -0.1) is 0 Å². The Morgan fingerprint density at radius 3 is 2.05 bits per heavy atom. The summed E-state index contributed by atoms with van der Waals surface area (Å²) in [5.74, 6) is 1.13. The monoisotopic (exact) mass is 568 g/mol. The highest BCUT2D eigenvalue weighted by molar-refractivity contribution is 5.82. The maximum atomic E-state index is 8.02. The van der Waals surface area contributed by atoms with Gasteiger partial charge in [0.15, 0.2) is 0 Å². The normalized spacial score (nSPS) is 16.6. The van der Waals surface area contributed by atoms with Gasteiger partial charge in [0.1, 0.15) is 11.4 Å². The van der Waals surface area contributed by atoms with Crippen LogP contribution in [0, 0.1) is 11.3 Å². The summed E-state index contributed by atoms with van der Waals surface area (Å²) >= 11 is 0. The number of nitrogens with one attached hydrogen (secondary N) is 1. The smallest absolute Gasteiger partial charge is 0.132 e. The van der Waals surface area contributed by atoms with Crippen LogP contribution < -0.4 is 4.74 Å². The summed E-state index contributed by atoms with van der Waals surface area (Å²) in [6.45, 7) is 32.3. The van der Waals surface area contributed by atoms with Gasteiger partial charge < -0.3 is 10.1 Å². The minimum Gasteiger partial charge on any atom is -0.486 e. The van der Waals surface area contributed by atoms with E-state index in [1.165, 1.54) is 61.5 Å². The predicted octanol–water partition coefficient (Wildman–Crippen LogP) is 13.2. The molecule has 1 aliphatic rings. The van der Waals surface area contributed by atoms with Crippen LogP contribution in [0.5, 0.6) is 5.75 Å². The highest BCUT2D eigenvalue weighted by atomic mass is 16.5. The van der Waals surface area contributed by atoms with E-state index in [1.807, 2.05) is 39.8 Å². The van der Waals surface area contributed by atoms with Crippen molar-refractivity contribution >= 4 is 6.21 Å². The molecule has 1 aromatic rings. The number of hydrogen-bond donors (Lipinski definition) is 1.